The Kier molecular flexibility index (Phi) is 3.32. The van der Waals surface area contributed by atoms with E-state index in [-0.39, 0.29) is 5.91 Å². The Morgan fingerprint density at radius 1 is 1.62 bits per heavy atom. The first-order valence-corrected chi connectivity index (χ1v) is 4.43. The van der Waals surface area contributed by atoms with Gasteiger partial charge < -0.3 is 11.1 Å². The number of nitrogens with two attached hydrogens (primary N) is 1. The molecule has 0 saturated carbocycles. The van der Waals surface area contributed by atoms with Crippen LogP contribution in [0, 0.1) is 0 Å². The maximum atomic E-state index is 11.1. The standard InChI is InChI=1S/C7H9BrN4O/c1-4(9)7(13)12-6-3-10-5(8)2-11-6/h2-4H,9H2,1H3,(H,11,12,13)/t4-/m0/s1. The molecule has 0 aliphatic carbocycles. The predicted molar refractivity (Wildman–Crippen MR) is 52.0 cm³/mol. The number of hydrogen-bond donors (Lipinski definition) is 2. The molecule has 1 atom stereocenters. The number of amides is 1. The maximum absolute atomic E-state index is 11.1. The van der Waals surface area contributed by atoms with Gasteiger partial charge in [-0.15, -0.1) is 0 Å². The van der Waals surface area contributed by atoms with E-state index >= 15 is 0 Å². The van der Waals surface area contributed by atoms with Crippen molar-refractivity contribution < 1.29 is 4.79 Å². The number of rotatable bonds is 2. The zero-order chi connectivity index (χ0) is 9.84. The van der Waals surface area contributed by atoms with Crippen LogP contribution < -0.4 is 11.1 Å². The van der Waals surface area contributed by atoms with Gasteiger partial charge in [0.2, 0.25) is 5.91 Å². The van der Waals surface area contributed by atoms with Crippen molar-refractivity contribution in [2.24, 2.45) is 5.73 Å². The molecule has 0 spiro atoms. The summed E-state index contributed by atoms with van der Waals surface area (Å²) in [5, 5.41) is 2.51. The molecule has 1 amide bonds. The van der Waals surface area contributed by atoms with Gasteiger partial charge >= 0.3 is 0 Å². The molecule has 0 saturated heterocycles. The molecule has 1 rings (SSSR count). The Morgan fingerprint density at radius 3 is 2.77 bits per heavy atom. The van der Waals surface area contributed by atoms with E-state index in [4.69, 9.17) is 5.73 Å². The smallest absolute Gasteiger partial charge is 0.242 e. The number of carbonyl (C=O) groups excluding carboxylic acids is 1. The van der Waals surface area contributed by atoms with Crippen molar-refractivity contribution >= 4 is 27.7 Å². The van der Waals surface area contributed by atoms with E-state index in [1.54, 1.807) is 6.92 Å². The van der Waals surface area contributed by atoms with Crippen molar-refractivity contribution in [3.63, 3.8) is 0 Å². The summed E-state index contributed by atoms with van der Waals surface area (Å²) in [4.78, 5) is 18.9. The van der Waals surface area contributed by atoms with Crippen molar-refractivity contribution in [1.82, 2.24) is 9.97 Å². The molecule has 5 nitrogen and oxygen atoms in total. The minimum Gasteiger partial charge on any atom is -0.320 e. The van der Waals surface area contributed by atoms with Crippen LogP contribution >= 0.6 is 15.9 Å². The van der Waals surface area contributed by atoms with Crippen LogP contribution in [0.3, 0.4) is 0 Å². The van der Waals surface area contributed by atoms with Crippen LogP contribution in [-0.2, 0) is 4.79 Å². The van der Waals surface area contributed by atoms with Crippen LogP contribution in [0.1, 0.15) is 6.92 Å². The highest BCUT2D eigenvalue weighted by Crippen LogP contribution is 2.05. The summed E-state index contributed by atoms with van der Waals surface area (Å²) in [6.45, 7) is 1.60. The van der Waals surface area contributed by atoms with Gasteiger partial charge in [-0.1, -0.05) is 0 Å². The second-order valence-corrected chi connectivity index (χ2v) is 3.31. The van der Waals surface area contributed by atoms with E-state index in [2.05, 4.69) is 31.2 Å². The molecule has 6 heteroatoms. The highest BCUT2D eigenvalue weighted by molar-refractivity contribution is 9.10. The molecule has 0 unspecified atom stereocenters. The minimum absolute atomic E-state index is 0.281. The SMILES string of the molecule is C[C@H](N)C(=O)Nc1cnc(Br)cn1. The third-order valence-corrected chi connectivity index (χ3v) is 1.69. The highest BCUT2D eigenvalue weighted by Gasteiger charge is 2.07. The van der Waals surface area contributed by atoms with Gasteiger partial charge in [-0.05, 0) is 22.9 Å². The molecule has 0 aromatic carbocycles. The second kappa shape index (κ2) is 4.29. The maximum Gasteiger partial charge on any atom is 0.242 e. The van der Waals surface area contributed by atoms with E-state index in [0.717, 1.165) is 0 Å². The normalized spacial score (nSPS) is 12.2. The first-order chi connectivity index (χ1) is 6.09. The second-order valence-electron chi connectivity index (χ2n) is 2.50. The number of anilines is 1. The lowest BCUT2D eigenvalue weighted by atomic mass is 10.3. The van der Waals surface area contributed by atoms with Gasteiger partial charge in [-0.2, -0.15) is 0 Å². The Bertz CT molecular complexity index is 298. The molecular formula is C7H9BrN4O. The fraction of sp³-hybridized carbons (Fsp3) is 0.286. The fourth-order valence-electron chi connectivity index (χ4n) is 0.617. The van der Waals surface area contributed by atoms with Gasteiger partial charge in [0.15, 0.2) is 5.82 Å². The molecule has 0 aliphatic rings. The number of nitrogens with one attached hydrogen (secondary N) is 1. The van der Waals surface area contributed by atoms with Gasteiger partial charge in [-0.3, -0.25) is 4.79 Å². The molecule has 0 bridgehead atoms. The summed E-state index contributed by atoms with van der Waals surface area (Å²) in [5.74, 6) is 0.113. The molecule has 0 aliphatic heterocycles. The summed E-state index contributed by atoms with van der Waals surface area (Å²) in [6.07, 6.45) is 2.95. The number of hydrogen-bond acceptors (Lipinski definition) is 4. The van der Waals surface area contributed by atoms with Crippen LogP contribution in [-0.4, -0.2) is 21.9 Å². The van der Waals surface area contributed by atoms with Crippen LogP contribution in [0.5, 0.6) is 0 Å². The Balaban J connectivity index is 2.65. The Morgan fingerprint density at radius 2 is 2.31 bits per heavy atom. The molecule has 0 fully saturated rings. The van der Waals surface area contributed by atoms with Crippen molar-refractivity contribution in [2.45, 2.75) is 13.0 Å². The fourth-order valence-corrected chi connectivity index (χ4v) is 0.822. The van der Waals surface area contributed by atoms with Crippen molar-refractivity contribution in [3.05, 3.63) is 17.0 Å². The molecule has 13 heavy (non-hydrogen) atoms. The van der Waals surface area contributed by atoms with Gasteiger partial charge in [0.05, 0.1) is 18.4 Å². The zero-order valence-electron chi connectivity index (χ0n) is 6.99. The molecule has 3 N–H and O–H groups in total. The van der Waals surface area contributed by atoms with E-state index in [0.29, 0.717) is 10.4 Å². The lowest BCUT2D eigenvalue weighted by Crippen LogP contribution is -2.32. The largest absolute Gasteiger partial charge is 0.320 e. The topological polar surface area (TPSA) is 80.9 Å². The van der Waals surface area contributed by atoms with E-state index in [9.17, 15) is 4.79 Å². The zero-order valence-corrected chi connectivity index (χ0v) is 8.58. The van der Waals surface area contributed by atoms with Gasteiger partial charge in [0.1, 0.15) is 4.60 Å². The monoisotopic (exact) mass is 244 g/mol. The summed E-state index contributed by atoms with van der Waals surface area (Å²) in [5.41, 5.74) is 5.34. The Labute approximate surface area is 83.9 Å². The summed E-state index contributed by atoms with van der Waals surface area (Å²) in [7, 11) is 0. The molecule has 70 valence electrons. The average Bonchev–Trinajstić information content (AvgIpc) is 2.08. The number of carbonyl (C=O) groups is 1. The van der Waals surface area contributed by atoms with Crippen molar-refractivity contribution in [3.8, 4) is 0 Å². The molecule has 0 radical (unpaired) electrons. The van der Waals surface area contributed by atoms with Gasteiger partial charge in [-0.25, -0.2) is 9.97 Å². The van der Waals surface area contributed by atoms with Gasteiger partial charge in [0.25, 0.3) is 0 Å². The van der Waals surface area contributed by atoms with E-state index in [1.807, 2.05) is 0 Å². The predicted octanol–water partition coefficient (Wildman–Crippen LogP) is 0.525. The van der Waals surface area contributed by atoms with E-state index < -0.39 is 6.04 Å². The first kappa shape index (κ1) is 10.1. The Hall–Kier alpha value is -1.01. The van der Waals surface area contributed by atoms with E-state index in [1.165, 1.54) is 12.4 Å². The number of nitrogens with zero attached hydrogens (tertiary/aromatic N) is 2. The lowest BCUT2D eigenvalue weighted by Gasteiger charge is -2.05. The molecular weight excluding hydrogens is 236 g/mol. The minimum atomic E-state index is -0.551. The number of aromatic nitrogens is 2. The lowest BCUT2D eigenvalue weighted by molar-refractivity contribution is -0.117. The third-order valence-electron chi connectivity index (χ3n) is 1.29. The van der Waals surface area contributed by atoms with Crippen molar-refractivity contribution in [2.75, 3.05) is 5.32 Å². The third kappa shape index (κ3) is 3.08. The summed E-state index contributed by atoms with van der Waals surface area (Å²) in [6, 6.07) is -0.551. The summed E-state index contributed by atoms with van der Waals surface area (Å²) >= 11 is 3.13. The number of halogens is 1. The summed E-state index contributed by atoms with van der Waals surface area (Å²) < 4.78 is 0.617. The van der Waals surface area contributed by atoms with Crippen LogP contribution in [0.15, 0.2) is 17.0 Å². The van der Waals surface area contributed by atoms with Gasteiger partial charge in [0, 0.05) is 0 Å². The quantitative estimate of drug-likeness (QED) is 0.796. The average molecular weight is 245 g/mol. The van der Waals surface area contributed by atoms with Crippen LogP contribution in [0.25, 0.3) is 0 Å². The van der Waals surface area contributed by atoms with Crippen LogP contribution in [0.4, 0.5) is 5.82 Å². The van der Waals surface area contributed by atoms with Crippen molar-refractivity contribution in [1.29, 1.82) is 0 Å². The first-order valence-electron chi connectivity index (χ1n) is 3.63. The molecule has 1 aromatic heterocycles. The van der Waals surface area contributed by atoms with Crippen LogP contribution in [0.2, 0.25) is 0 Å². The highest BCUT2D eigenvalue weighted by atomic mass is 79.9. The molecule has 1 aromatic rings. The molecule has 1 heterocycles.